The number of esters is 1. The highest BCUT2D eigenvalue weighted by atomic mass is 16.5. The molecule has 2 rings (SSSR count). The van der Waals surface area contributed by atoms with Gasteiger partial charge in [0.25, 0.3) is 0 Å². The third-order valence-electron chi connectivity index (χ3n) is 5.78. The van der Waals surface area contributed by atoms with E-state index in [1.165, 1.54) is 0 Å². The van der Waals surface area contributed by atoms with Crippen molar-refractivity contribution in [3.8, 4) is 0 Å². The molecule has 1 amide bonds. The molecule has 0 aromatic carbocycles. The molecule has 2 aliphatic rings. The zero-order valence-electron chi connectivity index (χ0n) is 18.6. The number of carbonyl (C=O) groups is 2. The van der Waals surface area contributed by atoms with Crippen LogP contribution in [0.1, 0.15) is 45.4 Å². The molecule has 1 saturated heterocycles. The van der Waals surface area contributed by atoms with Crippen molar-refractivity contribution in [2.24, 2.45) is 11.7 Å². The average Bonchev–Trinajstić information content (AvgIpc) is 2.85. The fraction of sp³-hybridized carbons (Fsp3) is 0.542. The molecular weight excluding hydrogens is 392 g/mol. The number of nitrogens with zero attached hydrogens (tertiary/aromatic N) is 2. The number of hydrogen-bond donors (Lipinski definition) is 2. The fourth-order valence-electron chi connectivity index (χ4n) is 4.03. The van der Waals surface area contributed by atoms with Crippen LogP contribution in [0.5, 0.6) is 0 Å². The van der Waals surface area contributed by atoms with Gasteiger partial charge in [-0.15, -0.1) is 6.58 Å². The first-order valence-corrected chi connectivity index (χ1v) is 11.2. The topological polar surface area (TPSA) is 99.7 Å². The van der Waals surface area contributed by atoms with Crippen molar-refractivity contribution in [1.29, 1.82) is 5.41 Å². The van der Waals surface area contributed by atoms with Gasteiger partial charge in [-0.2, -0.15) is 0 Å². The van der Waals surface area contributed by atoms with Crippen LogP contribution in [-0.4, -0.2) is 59.8 Å². The molecule has 0 aromatic rings. The Bertz CT molecular complexity index is 733. The number of carbonyl (C=O) groups excluding carboxylic acids is 2. The summed E-state index contributed by atoms with van der Waals surface area (Å²) in [5.74, 6) is 0.535. The Balaban J connectivity index is 1.94. The molecule has 0 spiro atoms. The molecule has 31 heavy (non-hydrogen) atoms. The van der Waals surface area contributed by atoms with Crippen LogP contribution in [0.2, 0.25) is 0 Å². The molecule has 2 heterocycles. The Morgan fingerprint density at radius 3 is 2.74 bits per heavy atom. The van der Waals surface area contributed by atoms with Crippen molar-refractivity contribution in [1.82, 2.24) is 9.80 Å². The number of allylic oxidation sites excluding steroid dienone is 2. The highest BCUT2D eigenvalue weighted by Crippen LogP contribution is 2.24. The summed E-state index contributed by atoms with van der Waals surface area (Å²) in [5, 5.41) is 7.69. The zero-order chi connectivity index (χ0) is 22.6. The number of nitrogens with one attached hydrogen (secondary N) is 1. The minimum absolute atomic E-state index is 0.00532. The third-order valence-corrected chi connectivity index (χ3v) is 5.78. The molecule has 0 aromatic heterocycles. The first-order chi connectivity index (χ1) is 15.0. The van der Waals surface area contributed by atoms with Crippen LogP contribution < -0.4 is 5.73 Å². The maximum absolute atomic E-state index is 13.4. The summed E-state index contributed by atoms with van der Waals surface area (Å²) in [7, 11) is 0. The standard InChI is InChI=1S/C24H36N4O3/c1-3-15-27-18-14-20(23(25)26)9-5-6-10-21(27)24(30)28-16-12-19(13-17-28)8-7-11-22(29)31-4-2/h3,5-6,9,14,18-19,21H,1,4,7-8,10-13,15-17H2,2H3,(H3,25,26)/b6-5+,18-14+,20-9+. The van der Waals surface area contributed by atoms with Gasteiger partial charge in [-0.05, 0) is 51.0 Å². The summed E-state index contributed by atoms with van der Waals surface area (Å²) >= 11 is 0. The molecule has 0 radical (unpaired) electrons. The first-order valence-electron chi connectivity index (χ1n) is 11.2. The van der Waals surface area contributed by atoms with Gasteiger partial charge in [-0.1, -0.05) is 24.3 Å². The third kappa shape index (κ3) is 7.74. The number of hydrogen-bond acceptors (Lipinski definition) is 5. The van der Waals surface area contributed by atoms with Crippen molar-refractivity contribution >= 4 is 17.7 Å². The molecule has 7 heteroatoms. The molecule has 3 N–H and O–H groups in total. The molecule has 170 valence electrons. The van der Waals surface area contributed by atoms with Crippen molar-refractivity contribution in [2.45, 2.75) is 51.5 Å². The van der Waals surface area contributed by atoms with E-state index in [1.807, 2.05) is 35.1 Å². The van der Waals surface area contributed by atoms with Crippen molar-refractivity contribution in [3.63, 3.8) is 0 Å². The lowest BCUT2D eigenvalue weighted by Gasteiger charge is -2.37. The van der Waals surface area contributed by atoms with Gasteiger partial charge in [0.2, 0.25) is 5.91 Å². The monoisotopic (exact) mass is 428 g/mol. The van der Waals surface area contributed by atoms with Gasteiger partial charge < -0.3 is 20.3 Å². The summed E-state index contributed by atoms with van der Waals surface area (Å²) in [4.78, 5) is 28.8. The van der Waals surface area contributed by atoms with E-state index < -0.39 is 0 Å². The summed E-state index contributed by atoms with van der Waals surface area (Å²) in [6.07, 6.45) is 15.8. The fourth-order valence-corrected chi connectivity index (χ4v) is 4.03. The Morgan fingerprint density at radius 2 is 2.10 bits per heavy atom. The smallest absolute Gasteiger partial charge is 0.305 e. The minimum Gasteiger partial charge on any atom is -0.466 e. The molecule has 0 saturated carbocycles. The summed E-state index contributed by atoms with van der Waals surface area (Å²) in [6.45, 7) is 8.10. The highest BCUT2D eigenvalue weighted by molar-refractivity contribution is 5.97. The van der Waals surface area contributed by atoms with Crippen molar-refractivity contribution in [3.05, 3.63) is 48.7 Å². The van der Waals surface area contributed by atoms with E-state index in [0.717, 1.165) is 38.8 Å². The van der Waals surface area contributed by atoms with Crippen molar-refractivity contribution < 1.29 is 14.3 Å². The first kappa shape index (κ1) is 24.4. The number of nitrogens with two attached hydrogens (primary N) is 1. The van der Waals surface area contributed by atoms with Crippen LogP contribution in [0.15, 0.2) is 48.7 Å². The molecule has 7 nitrogen and oxygen atoms in total. The van der Waals surface area contributed by atoms with Gasteiger partial charge >= 0.3 is 5.97 Å². The Hall–Kier alpha value is -2.83. The molecular formula is C24H36N4O3. The number of amides is 1. The Labute approximate surface area is 185 Å². The van der Waals surface area contributed by atoms with Crippen LogP contribution in [0.25, 0.3) is 0 Å². The molecule has 2 aliphatic heterocycles. The lowest BCUT2D eigenvalue weighted by atomic mass is 9.91. The zero-order valence-corrected chi connectivity index (χ0v) is 18.6. The summed E-state index contributed by atoms with van der Waals surface area (Å²) < 4.78 is 4.99. The Kier molecular flexibility index (Phi) is 10.1. The predicted molar refractivity (Wildman–Crippen MR) is 123 cm³/mol. The molecule has 1 fully saturated rings. The van der Waals surface area contributed by atoms with Crippen LogP contribution in [0.3, 0.4) is 0 Å². The van der Waals surface area contributed by atoms with Crippen LogP contribution in [0.4, 0.5) is 0 Å². The van der Waals surface area contributed by atoms with E-state index in [4.69, 9.17) is 15.9 Å². The quantitative estimate of drug-likeness (QED) is 0.254. The van der Waals surface area contributed by atoms with E-state index in [-0.39, 0.29) is 23.8 Å². The normalized spacial score (nSPS) is 23.5. The molecule has 0 aliphatic carbocycles. The van der Waals surface area contributed by atoms with E-state index in [9.17, 15) is 9.59 Å². The second-order valence-corrected chi connectivity index (χ2v) is 7.98. The van der Waals surface area contributed by atoms with Crippen LogP contribution >= 0.6 is 0 Å². The van der Waals surface area contributed by atoms with Crippen LogP contribution in [0, 0.1) is 11.3 Å². The van der Waals surface area contributed by atoms with Crippen LogP contribution in [-0.2, 0) is 14.3 Å². The van der Waals surface area contributed by atoms with Gasteiger partial charge in [-0.25, -0.2) is 0 Å². The lowest BCUT2D eigenvalue weighted by Crippen LogP contribution is -2.49. The van der Waals surface area contributed by atoms with E-state index >= 15 is 0 Å². The predicted octanol–water partition coefficient (Wildman–Crippen LogP) is 3.15. The average molecular weight is 429 g/mol. The summed E-state index contributed by atoms with van der Waals surface area (Å²) in [6, 6.07) is -0.314. The number of ether oxygens (including phenoxy) is 1. The molecule has 1 atom stereocenters. The highest BCUT2D eigenvalue weighted by Gasteiger charge is 2.30. The molecule has 1 unspecified atom stereocenters. The van der Waals surface area contributed by atoms with E-state index in [2.05, 4.69) is 6.58 Å². The van der Waals surface area contributed by atoms with Gasteiger partial charge in [0, 0.05) is 37.8 Å². The minimum atomic E-state index is -0.314. The van der Waals surface area contributed by atoms with Gasteiger partial charge in [0.05, 0.1) is 6.61 Å². The number of piperidine rings is 1. The number of rotatable bonds is 9. The summed E-state index contributed by atoms with van der Waals surface area (Å²) in [5.41, 5.74) is 6.25. The lowest BCUT2D eigenvalue weighted by molar-refractivity contribution is -0.143. The number of likely N-dealkylation sites (tertiary alicyclic amines) is 1. The maximum atomic E-state index is 13.4. The second-order valence-electron chi connectivity index (χ2n) is 7.98. The molecule has 0 bridgehead atoms. The van der Waals surface area contributed by atoms with E-state index in [1.54, 1.807) is 18.2 Å². The second kappa shape index (κ2) is 12.8. The SMILES string of the molecule is C=CCN1/C=C/C(C(=N)N)=C\C=C\CC1C(=O)N1CCC(CCCC(=O)OCC)CC1. The van der Waals surface area contributed by atoms with Crippen molar-refractivity contribution in [2.75, 3.05) is 26.2 Å². The van der Waals surface area contributed by atoms with E-state index in [0.29, 0.717) is 37.5 Å². The Morgan fingerprint density at radius 1 is 1.35 bits per heavy atom. The maximum Gasteiger partial charge on any atom is 0.305 e. The largest absolute Gasteiger partial charge is 0.466 e. The van der Waals surface area contributed by atoms with Gasteiger partial charge in [0.15, 0.2) is 0 Å². The number of amidine groups is 1. The van der Waals surface area contributed by atoms with Gasteiger partial charge in [0.1, 0.15) is 11.9 Å². The van der Waals surface area contributed by atoms with Gasteiger partial charge in [-0.3, -0.25) is 15.0 Å².